The third kappa shape index (κ3) is 12.9. The number of alkyl carbamates (subject to hydrolysis) is 1. The normalized spacial score (nSPS) is 12.5. The highest BCUT2D eigenvalue weighted by Crippen LogP contribution is 2.37. The first-order valence-electron chi connectivity index (χ1n) is 21.2. The van der Waals surface area contributed by atoms with Gasteiger partial charge < -0.3 is 30.7 Å². The summed E-state index contributed by atoms with van der Waals surface area (Å²) >= 11 is 0. The number of carbonyl (C=O) groups excluding carboxylic acids is 5. The van der Waals surface area contributed by atoms with E-state index in [1.54, 1.807) is 37.3 Å². The van der Waals surface area contributed by atoms with E-state index in [9.17, 15) is 24.0 Å². The van der Waals surface area contributed by atoms with Crippen LogP contribution in [-0.2, 0) is 47.2 Å². The van der Waals surface area contributed by atoms with Crippen molar-refractivity contribution in [1.29, 1.82) is 0 Å². The van der Waals surface area contributed by atoms with Crippen LogP contribution in [0.25, 0.3) is 0 Å². The van der Waals surface area contributed by atoms with Crippen molar-refractivity contribution in [1.82, 2.24) is 21.3 Å². The van der Waals surface area contributed by atoms with Crippen molar-refractivity contribution in [2.75, 3.05) is 6.61 Å². The number of hydrogen-bond acceptors (Lipinski definition) is 7. The number of carbonyl (C=O) groups is 5. The molecule has 6 rings (SSSR count). The largest absolute Gasteiger partial charge is 0.463 e. The van der Waals surface area contributed by atoms with Crippen LogP contribution in [0.5, 0.6) is 0 Å². The quantitative estimate of drug-likeness (QED) is 0.0347. The number of hydrogen-bond donors (Lipinski definition) is 4. The van der Waals surface area contributed by atoms with Gasteiger partial charge in [-0.3, -0.25) is 14.4 Å². The second-order valence-corrected chi connectivity index (χ2v) is 15.0. The van der Waals surface area contributed by atoms with Gasteiger partial charge in [-0.15, -0.1) is 0 Å². The number of benzene rings is 6. The molecule has 0 unspecified atom stereocenters. The maximum atomic E-state index is 14.4. The standard InChI is InChI=1S/C53H52N4O7/c1-2-63-48(59)36-34-45(33-35-47(58)57-53(42-27-15-6-16-28-42,43-29-17-7-18-30-43)44-31-19-8-20-32-44)54-50(60)46(37-39-21-9-3-10-22-39)55-51(61)49(41-25-13-5-14-26-41)56-52(62)64-38-40-23-11-4-12-24-40/h3-32,34,36,45-46,49H,2,33,35,37-38H2,1H3,(H,54,60)(H,55,61)(H,56,62)(H,57,58)/b36-34+/t45-,46-,49-/m0/s1. The predicted octanol–water partition coefficient (Wildman–Crippen LogP) is 7.87. The molecule has 0 fully saturated rings. The first-order chi connectivity index (χ1) is 31.2. The van der Waals surface area contributed by atoms with E-state index in [0.717, 1.165) is 27.8 Å². The van der Waals surface area contributed by atoms with Crippen LogP contribution >= 0.6 is 0 Å². The van der Waals surface area contributed by atoms with E-state index < -0.39 is 47.5 Å². The summed E-state index contributed by atoms with van der Waals surface area (Å²) in [4.78, 5) is 68.7. The molecular formula is C53H52N4O7. The summed E-state index contributed by atoms with van der Waals surface area (Å²) in [5, 5.41) is 11.9. The number of nitrogens with one attached hydrogen (secondary N) is 4. The Kier molecular flexibility index (Phi) is 16.7. The minimum atomic E-state index is -1.22. The van der Waals surface area contributed by atoms with Crippen LogP contribution in [0.2, 0.25) is 0 Å². The summed E-state index contributed by atoms with van der Waals surface area (Å²) in [5.41, 5.74) is 3.47. The second-order valence-electron chi connectivity index (χ2n) is 15.0. The van der Waals surface area contributed by atoms with Crippen molar-refractivity contribution < 1.29 is 33.4 Å². The van der Waals surface area contributed by atoms with E-state index >= 15 is 0 Å². The summed E-state index contributed by atoms with van der Waals surface area (Å²) in [6.07, 6.45) is 1.98. The molecule has 0 spiro atoms. The molecule has 11 heteroatoms. The van der Waals surface area contributed by atoms with E-state index in [4.69, 9.17) is 9.47 Å². The fourth-order valence-corrected chi connectivity index (χ4v) is 7.37. The third-order valence-corrected chi connectivity index (χ3v) is 10.5. The maximum absolute atomic E-state index is 14.4. The maximum Gasteiger partial charge on any atom is 0.408 e. The lowest BCUT2D eigenvalue weighted by Gasteiger charge is -2.37. The number of amides is 4. The summed E-state index contributed by atoms with van der Waals surface area (Å²) < 4.78 is 10.6. The minimum Gasteiger partial charge on any atom is -0.463 e. The van der Waals surface area contributed by atoms with E-state index in [-0.39, 0.29) is 38.4 Å². The van der Waals surface area contributed by atoms with Gasteiger partial charge in [0, 0.05) is 25.0 Å². The summed E-state index contributed by atoms with van der Waals surface area (Å²) in [7, 11) is 0. The van der Waals surface area contributed by atoms with Crippen molar-refractivity contribution in [3.8, 4) is 0 Å². The van der Waals surface area contributed by atoms with Gasteiger partial charge in [0.1, 0.15) is 24.2 Å². The number of ether oxygens (including phenoxy) is 2. The molecule has 6 aromatic carbocycles. The van der Waals surface area contributed by atoms with Crippen LogP contribution in [0.15, 0.2) is 194 Å². The topological polar surface area (TPSA) is 152 Å². The van der Waals surface area contributed by atoms with Crippen LogP contribution in [0.3, 0.4) is 0 Å². The molecule has 6 aromatic rings. The van der Waals surface area contributed by atoms with E-state index in [1.165, 1.54) is 12.2 Å². The Morgan fingerprint density at radius 2 is 1.05 bits per heavy atom. The third-order valence-electron chi connectivity index (χ3n) is 10.5. The summed E-state index contributed by atoms with van der Waals surface area (Å²) in [6.45, 7) is 1.81. The Labute approximate surface area is 373 Å². The van der Waals surface area contributed by atoms with Crippen molar-refractivity contribution in [3.63, 3.8) is 0 Å². The molecule has 0 saturated carbocycles. The van der Waals surface area contributed by atoms with E-state index in [2.05, 4.69) is 21.3 Å². The Bertz CT molecular complexity index is 2340. The van der Waals surface area contributed by atoms with Gasteiger partial charge in [-0.1, -0.05) is 188 Å². The number of rotatable bonds is 20. The zero-order valence-electron chi connectivity index (χ0n) is 35.6. The van der Waals surface area contributed by atoms with E-state index in [0.29, 0.717) is 5.56 Å². The average Bonchev–Trinajstić information content (AvgIpc) is 3.34. The highest BCUT2D eigenvalue weighted by Gasteiger charge is 2.38. The first-order valence-corrected chi connectivity index (χ1v) is 21.2. The Morgan fingerprint density at radius 3 is 1.56 bits per heavy atom. The molecule has 0 bridgehead atoms. The molecule has 0 heterocycles. The fraction of sp³-hybridized carbons (Fsp3) is 0.189. The molecule has 0 aliphatic heterocycles. The molecule has 11 nitrogen and oxygen atoms in total. The molecule has 0 aromatic heterocycles. The smallest absolute Gasteiger partial charge is 0.408 e. The van der Waals surface area contributed by atoms with Crippen LogP contribution < -0.4 is 21.3 Å². The highest BCUT2D eigenvalue weighted by atomic mass is 16.5. The van der Waals surface area contributed by atoms with Gasteiger partial charge in [-0.25, -0.2) is 9.59 Å². The van der Waals surface area contributed by atoms with Crippen molar-refractivity contribution in [2.45, 2.75) is 56.5 Å². The molecule has 0 saturated heterocycles. The lowest BCUT2D eigenvalue weighted by molar-refractivity contribution is -0.137. The van der Waals surface area contributed by atoms with Crippen LogP contribution in [-0.4, -0.2) is 48.5 Å². The van der Waals surface area contributed by atoms with Crippen LogP contribution in [0.1, 0.15) is 59.2 Å². The fourth-order valence-electron chi connectivity index (χ4n) is 7.37. The number of esters is 1. The Morgan fingerprint density at radius 1 is 0.562 bits per heavy atom. The molecule has 0 aliphatic rings. The molecule has 4 N–H and O–H groups in total. The molecule has 3 atom stereocenters. The first kappa shape index (κ1) is 45.7. The van der Waals surface area contributed by atoms with Gasteiger partial charge in [0.25, 0.3) is 0 Å². The van der Waals surface area contributed by atoms with Crippen molar-refractivity contribution in [3.05, 3.63) is 228 Å². The molecule has 64 heavy (non-hydrogen) atoms. The van der Waals surface area contributed by atoms with Crippen LogP contribution in [0, 0.1) is 0 Å². The monoisotopic (exact) mass is 856 g/mol. The summed E-state index contributed by atoms with van der Waals surface area (Å²) in [6, 6.07) is 52.8. The SMILES string of the molecule is CCOC(=O)/C=C/[C@H](CCC(=O)NC(c1ccccc1)(c1ccccc1)c1ccccc1)NC(=O)[C@H](Cc1ccccc1)NC(=O)[C@@H](NC(=O)OCc1ccccc1)c1ccccc1. The van der Waals surface area contributed by atoms with Gasteiger partial charge >= 0.3 is 12.1 Å². The van der Waals surface area contributed by atoms with Gasteiger partial charge in [-0.2, -0.15) is 0 Å². The average molecular weight is 857 g/mol. The summed E-state index contributed by atoms with van der Waals surface area (Å²) in [5.74, 6) is -2.17. The van der Waals surface area contributed by atoms with E-state index in [1.807, 2.05) is 152 Å². The van der Waals surface area contributed by atoms with Gasteiger partial charge in [-0.05, 0) is 46.7 Å². The minimum absolute atomic E-state index is 0.0146. The molecule has 0 aliphatic carbocycles. The van der Waals surface area contributed by atoms with Crippen LogP contribution in [0.4, 0.5) is 4.79 Å². The highest BCUT2D eigenvalue weighted by molar-refractivity contribution is 5.92. The Hall–Kier alpha value is -7.79. The Balaban J connectivity index is 1.24. The van der Waals surface area contributed by atoms with Crippen molar-refractivity contribution in [2.24, 2.45) is 0 Å². The van der Waals surface area contributed by atoms with Gasteiger partial charge in [0.05, 0.1) is 6.61 Å². The molecule has 326 valence electrons. The van der Waals surface area contributed by atoms with Crippen molar-refractivity contribution >= 4 is 29.8 Å². The molecule has 0 radical (unpaired) electrons. The zero-order chi connectivity index (χ0) is 45.0. The zero-order valence-corrected chi connectivity index (χ0v) is 35.6. The lowest BCUT2D eigenvalue weighted by atomic mass is 9.77. The molecule has 4 amide bonds. The molecular weight excluding hydrogens is 805 g/mol. The lowest BCUT2D eigenvalue weighted by Crippen LogP contribution is -2.53. The predicted molar refractivity (Wildman–Crippen MR) is 245 cm³/mol. The van der Waals surface area contributed by atoms with Gasteiger partial charge in [0.2, 0.25) is 17.7 Å². The van der Waals surface area contributed by atoms with Gasteiger partial charge in [0.15, 0.2) is 0 Å². The second kappa shape index (κ2) is 23.4.